The number of benzene rings is 3. The molecular weight excluding hydrogens is 445 g/mol. The van der Waals surface area contributed by atoms with Gasteiger partial charge in [-0.15, -0.1) is 0 Å². The van der Waals surface area contributed by atoms with Crippen molar-refractivity contribution in [2.24, 2.45) is 0 Å². The molecule has 7 heteroatoms. The van der Waals surface area contributed by atoms with Gasteiger partial charge in [0, 0.05) is 39.1 Å². The Morgan fingerprint density at radius 3 is 1.91 bits per heavy atom. The second-order valence-electron chi connectivity index (χ2n) is 8.96. The van der Waals surface area contributed by atoms with E-state index in [-0.39, 0.29) is 18.1 Å². The fraction of sp³-hybridized carbons (Fsp3) is 0.250. The van der Waals surface area contributed by atoms with Crippen LogP contribution in [0, 0.1) is 5.82 Å². The van der Waals surface area contributed by atoms with Crippen molar-refractivity contribution in [3.8, 4) is 0 Å². The van der Waals surface area contributed by atoms with E-state index in [0.717, 1.165) is 16.0 Å². The van der Waals surface area contributed by atoms with Crippen molar-refractivity contribution in [1.29, 1.82) is 0 Å². The smallest absolute Gasteiger partial charge is 0.262 e. The first-order chi connectivity index (χ1) is 17.0. The summed E-state index contributed by atoms with van der Waals surface area (Å²) < 4.78 is 13.2. The second-order valence-corrected chi connectivity index (χ2v) is 8.96. The van der Waals surface area contributed by atoms with E-state index in [4.69, 9.17) is 0 Å². The number of carbonyl (C=O) groups excluding carboxylic acids is 3. The van der Waals surface area contributed by atoms with E-state index in [0.29, 0.717) is 43.9 Å². The molecule has 2 aliphatic heterocycles. The highest BCUT2D eigenvalue weighted by molar-refractivity contribution is 6.22. The Morgan fingerprint density at radius 2 is 1.31 bits per heavy atom. The summed E-state index contributed by atoms with van der Waals surface area (Å²) in [5.74, 6) is -1.32. The maximum Gasteiger partial charge on any atom is 0.262 e. The van der Waals surface area contributed by atoms with Crippen LogP contribution in [-0.4, -0.2) is 64.6 Å². The van der Waals surface area contributed by atoms with Crippen molar-refractivity contribution < 1.29 is 18.8 Å². The lowest BCUT2D eigenvalue weighted by atomic mass is 10.0. The van der Waals surface area contributed by atoms with E-state index in [2.05, 4.69) is 4.90 Å². The standard InChI is InChI=1S/C28H26FN3O3/c29-22-12-10-21(11-13-22)19-30-14-16-31(17-15-30)28(35)25(18-20-6-2-1-3-7-20)32-26(33)23-8-4-5-9-24(23)27(32)34/h1-13,25H,14-19H2/t25-/m0/s1. The average molecular weight is 472 g/mol. The Morgan fingerprint density at radius 1 is 0.743 bits per heavy atom. The minimum absolute atomic E-state index is 0.218. The van der Waals surface area contributed by atoms with Gasteiger partial charge < -0.3 is 4.90 Å². The Kier molecular flexibility index (Phi) is 6.42. The molecule has 178 valence electrons. The van der Waals surface area contributed by atoms with Gasteiger partial charge in [-0.3, -0.25) is 24.2 Å². The molecule has 0 N–H and O–H groups in total. The van der Waals surface area contributed by atoms with Crippen LogP contribution < -0.4 is 0 Å². The van der Waals surface area contributed by atoms with Gasteiger partial charge in [-0.1, -0.05) is 54.6 Å². The highest BCUT2D eigenvalue weighted by Gasteiger charge is 2.44. The lowest BCUT2D eigenvalue weighted by molar-refractivity contribution is -0.137. The first-order valence-corrected chi connectivity index (χ1v) is 11.8. The van der Waals surface area contributed by atoms with Crippen molar-refractivity contribution in [2.75, 3.05) is 26.2 Å². The van der Waals surface area contributed by atoms with Crippen LogP contribution in [0.25, 0.3) is 0 Å². The third-order valence-electron chi connectivity index (χ3n) is 6.70. The molecule has 3 aromatic carbocycles. The molecule has 1 saturated heterocycles. The predicted molar refractivity (Wildman–Crippen MR) is 129 cm³/mol. The molecule has 3 aromatic rings. The lowest BCUT2D eigenvalue weighted by Crippen LogP contribution is -2.56. The van der Waals surface area contributed by atoms with Crippen molar-refractivity contribution in [3.63, 3.8) is 0 Å². The fourth-order valence-electron chi connectivity index (χ4n) is 4.80. The summed E-state index contributed by atoms with van der Waals surface area (Å²) in [5, 5.41) is 0. The number of imide groups is 1. The van der Waals surface area contributed by atoms with Gasteiger partial charge in [0.15, 0.2) is 0 Å². The van der Waals surface area contributed by atoms with Crippen LogP contribution in [0.1, 0.15) is 31.8 Å². The van der Waals surface area contributed by atoms with E-state index in [9.17, 15) is 18.8 Å². The Labute approximate surface area is 203 Å². The van der Waals surface area contributed by atoms with Crippen LogP contribution in [0.5, 0.6) is 0 Å². The van der Waals surface area contributed by atoms with Crippen LogP contribution in [-0.2, 0) is 17.8 Å². The number of piperazine rings is 1. The van der Waals surface area contributed by atoms with Gasteiger partial charge in [0.2, 0.25) is 5.91 Å². The van der Waals surface area contributed by atoms with Crippen LogP contribution in [0.3, 0.4) is 0 Å². The molecule has 0 saturated carbocycles. The normalized spacial score (nSPS) is 16.9. The predicted octanol–water partition coefficient (Wildman–Crippen LogP) is 3.38. The summed E-state index contributed by atoms with van der Waals surface area (Å²) in [7, 11) is 0. The third-order valence-corrected chi connectivity index (χ3v) is 6.70. The molecule has 0 radical (unpaired) electrons. The van der Waals surface area contributed by atoms with Crippen LogP contribution in [0.15, 0.2) is 78.9 Å². The zero-order valence-corrected chi connectivity index (χ0v) is 19.3. The molecule has 0 aromatic heterocycles. The topological polar surface area (TPSA) is 60.9 Å². The molecule has 0 spiro atoms. The van der Waals surface area contributed by atoms with E-state index in [1.54, 1.807) is 41.3 Å². The molecule has 0 aliphatic carbocycles. The molecule has 3 amide bonds. The molecule has 5 rings (SSSR count). The minimum atomic E-state index is -0.909. The molecule has 2 heterocycles. The summed E-state index contributed by atoms with van der Waals surface area (Å²) >= 11 is 0. The molecular formula is C28H26FN3O3. The number of fused-ring (bicyclic) bond motifs is 1. The molecule has 35 heavy (non-hydrogen) atoms. The van der Waals surface area contributed by atoms with Crippen LogP contribution in [0.4, 0.5) is 4.39 Å². The van der Waals surface area contributed by atoms with Crippen molar-refractivity contribution in [3.05, 3.63) is 107 Å². The van der Waals surface area contributed by atoms with Gasteiger partial charge in [0.25, 0.3) is 11.8 Å². The number of carbonyl (C=O) groups is 3. The first-order valence-electron chi connectivity index (χ1n) is 11.8. The van der Waals surface area contributed by atoms with Crippen LogP contribution >= 0.6 is 0 Å². The SMILES string of the molecule is O=C([C@H](Cc1ccccc1)N1C(=O)c2ccccc2C1=O)N1CCN(Cc2ccc(F)cc2)CC1. The van der Waals surface area contributed by atoms with Crippen molar-refractivity contribution >= 4 is 17.7 Å². The van der Waals surface area contributed by atoms with E-state index < -0.39 is 17.9 Å². The van der Waals surface area contributed by atoms with Gasteiger partial charge in [0.05, 0.1) is 11.1 Å². The zero-order valence-electron chi connectivity index (χ0n) is 19.3. The fourth-order valence-corrected chi connectivity index (χ4v) is 4.80. The van der Waals surface area contributed by atoms with Gasteiger partial charge in [-0.25, -0.2) is 4.39 Å². The highest BCUT2D eigenvalue weighted by Crippen LogP contribution is 2.27. The summed E-state index contributed by atoms with van der Waals surface area (Å²) in [5.41, 5.74) is 2.58. The second kappa shape index (κ2) is 9.80. The van der Waals surface area contributed by atoms with E-state index >= 15 is 0 Å². The lowest BCUT2D eigenvalue weighted by Gasteiger charge is -2.38. The number of nitrogens with zero attached hydrogens (tertiary/aromatic N) is 3. The number of rotatable bonds is 6. The van der Waals surface area contributed by atoms with Gasteiger partial charge in [0.1, 0.15) is 11.9 Å². The molecule has 1 fully saturated rings. The number of halogens is 1. The Balaban J connectivity index is 1.33. The summed E-state index contributed by atoms with van der Waals surface area (Å²) in [6.07, 6.45) is 0.265. The quantitative estimate of drug-likeness (QED) is 0.518. The molecule has 0 unspecified atom stereocenters. The maximum atomic E-state index is 13.8. The number of amides is 3. The summed E-state index contributed by atoms with van der Waals surface area (Å²) in [6.45, 7) is 2.98. The molecule has 2 aliphatic rings. The number of hydrogen-bond acceptors (Lipinski definition) is 4. The van der Waals surface area contributed by atoms with Gasteiger partial charge >= 0.3 is 0 Å². The largest absolute Gasteiger partial charge is 0.338 e. The Hall–Kier alpha value is -3.84. The monoisotopic (exact) mass is 471 g/mol. The summed E-state index contributed by atoms with van der Waals surface area (Å²) in [6, 6.07) is 21.7. The molecule has 6 nitrogen and oxygen atoms in total. The van der Waals surface area contributed by atoms with Gasteiger partial charge in [-0.05, 0) is 35.4 Å². The molecule has 0 bridgehead atoms. The molecule has 1 atom stereocenters. The first kappa shape index (κ1) is 22.9. The van der Waals surface area contributed by atoms with Crippen LogP contribution in [0.2, 0.25) is 0 Å². The maximum absolute atomic E-state index is 13.8. The van der Waals surface area contributed by atoms with E-state index in [1.165, 1.54) is 12.1 Å². The Bertz CT molecular complexity index is 1200. The van der Waals surface area contributed by atoms with E-state index in [1.807, 2.05) is 30.3 Å². The van der Waals surface area contributed by atoms with Gasteiger partial charge in [-0.2, -0.15) is 0 Å². The van der Waals surface area contributed by atoms with Crippen molar-refractivity contribution in [1.82, 2.24) is 14.7 Å². The minimum Gasteiger partial charge on any atom is -0.338 e. The van der Waals surface area contributed by atoms with Crippen molar-refractivity contribution in [2.45, 2.75) is 19.0 Å². The zero-order chi connectivity index (χ0) is 24.4. The average Bonchev–Trinajstić information content (AvgIpc) is 3.14. The third kappa shape index (κ3) is 4.72. The number of hydrogen-bond donors (Lipinski definition) is 0. The summed E-state index contributed by atoms with van der Waals surface area (Å²) in [4.78, 5) is 45.3. The highest BCUT2D eigenvalue weighted by atomic mass is 19.1.